The van der Waals surface area contributed by atoms with Crippen molar-refractivity contribution in [1.29, 1.82) is 0 Å². The quantitative estimate of drug-likeness (QED) is 0.134. The van der Waals surface area contributed by atoms with E-state index in [1.807, 2.05) is 37.3 Å². The molecule has 0 spiro atoms. The largest absolute Gasteiger partial charge is 0.507 e. The van der Waals surface area contributed by atoms with Crippen LogP contribution in [0.15, 0.2) is 84.4 Å². The zero-order chi connectivity index (χ0) is 28.4. The summed E-state index contributed by atoms with van der Waals surface area (Å²) in [6.07, 6.45) is 0. The van der Waals surface area contributed by atoms with Gasteiger partial charge in [-0.25, -0.2) is 9.78 Å². The fourth-order valence-corrected chi connectivity index (χ4v) is 5.56. The molecule has 1 saturated heterocycles. The first-order valence-corrected chi connectivity index (χ1v) is 13.3. The molecule has 202 valence electrons. The van der Waals surface area contributed by atoms with Crippen LogP contribution in [-0.4, -0.2) is 34.9 Å². The van der Waals surface area contributed by atoms with Gasteiger partial charge in [-0.05, 0) is 54.8 Å². The van der Waals surface area contributed by atoms with Crippen molar-refractivity contribution in [2.75, 3.05) is 12.0 Å². The number of aromatic nitrogens is 1. The van der Waals surface area contributed by atoms with Gasteiger partial charge in [-0.1, -0.05) is 65.9 Å². The maximum absolute atomic E-state index is 13.4. The topological polar surface area (TPSA) is 106 Å². The number of aliphatic hydroxyl groups excluding tert-OH is 1. The van der Waals surface area contributed by atoms with Gasteiger partial charge in [0.1, 0.15) is 23.0 Å². The number of aryl methyl sites for hydroxylation is 2. The third-order valence-electron chi connectivity index (χ3n) is 6.71. The number of thiazole rings is 1. The van der Waals surface area contributed by atoms with Crippen molar-refractivity contribution in [3.63, 3.8) is 0 Å². The van der Waals surface area contributed by atoms with Crippen LogP contribution >= 0.6 is 11.3 Å². The molecule has 0 bridgehead atoms. The van der Waals surface area contributed by atoms with Crippen LogP contribution in [0, 0.1) is 13.8 Å². The molecular formula is C31H26N2O6S. The number of hydrogen-bond acceptors (Lipinski definition) is 8. The highest BCUT2D eigenvalue weighted by atomic mass is 32.1. The molecule has 1 aliphatic heterocycles. The minimum absolute atomic E-state index is 0.0720. The lowest BCUT2D eigenvalue weighted by atomic mass is 9.95. The number of aliphatic hydroxyl groups is 1. The Morgan fingerprint density at radius 2 is 1.65 bits per heavy atom. The molecule has 4 aromatic rings. The molecule has 1 N–H and O–H groups in total. The van der Waals surface area contributed by atoms with Crippen LogP contribution in [0.1, 0.15) is 43.7 Å². The first kappa shape index (κ1) is 26.8. The monoisotopic (exact) mass is 554 g/mol. The van der Waals surface area contributed by atoms with Gasteiger partial charge in [0.05, 0.1) is 24.4 Å². The number of benzene rings is 3. The molecule has 0 radical (unpaired) electrons. The number of hydrogen-bond donors (Lipinski definition) is 1. The highest BCUT2D eigenvalue weighted by molar-refractivity contribution is 7.17. The second-order valence-corrected chi connectivity index (χ2v) is 10.2. The van der Waals surface area contributed by atoms with Crippen molar-refractivity contribution in [1.82, 2.24) is 4.98 Å². The third-order valence-corrected chi connectivity index (χ3v) is 7.84. The number of carbonyl (C=O) groups is 3. The van der Waals surface area contributed by atoms with Crippen LogP contribution < -0.4 is 9.64 Å². The van der Waals surface area contributed by atoms with Crippen molar-refractivity contribution in [2.45, 2.75) is 26.5 Å². The molecule has 1 aromatic heterocycles. The Morgan fingerprint density at radius 1 is 0.975 bits per heavy atom. The van der Waals surface area contributed by atoms with Crippen LogP contribution in [0.4, 0.5) is 5.13 Å². The summed E-state index contributed by atoms with van der Waals surface area (Å²) in [5, 5.41) is 11.5. The second-order valence-electron chi connectivity index (χ2n) is 9.22. The molecule has 2 heterocycles. The van der Waals surface area contributed by atoms with Gasteiger partial charge in [0, 0.05) is 5.56 Å². The maximum atomic E-state index is 13.4. The molecule has 5 rings (SSSR count). The van der Waals surface area contributed by atoms with E-state index in [4.69, 9.17) is 9.47 Å². The van der Waals surface area contributed by atoms with Crippen LogP contribution in [0.5, 0.6) is 5.75 Å². The molecule has 1 aliphatic rings. The summed E-state index contributed by atoms with van der Waals surface area (Å²) in [6, 6.07) is 22.6. The number of ketones is 1. The predicted molar refractivity (Wildman–Crippen MR) is 151 cm³/mol. The highest BCUT2D eigenvalue weighted by Gasteiger charge is 2.48. The van der Waals surface area contributed by atoms with Crippen LogP contribution in [-0.2, 0) is 20.9 Å². The summed E-state index contributed by atoms with van der Waals surface area (Å²) in [4.78, 5) is 44.8. The van der Waals surface area contributed by atoms with Gasteiger partial charge in [0.25, 0.3) is 5.78 Å². The maximum Gasteiger partial charge on any atom is 0.350 e. The molecule has 1 atom stereocenters. The Morgan fingerprint density at radius 3 is 2.33 bits per heavy atom. The lowest BCUT2D eigenvalue weighted by molar-refractivity contribution is -0.132. The van der Waals surface area contributed by atoms with Gasteiger partial charge < -0.3 is 14.6 Å². The van der Waals surface area contributed by atoms with E-state index in [1.165, 1.54) is 12.0 Å². The third kappa shape index (κ3) is 4.99. The molecule has 8 nitrogen and oxygen atoms in total. The van der Waals surface area contributed by atoms with Crippen LogP contribution in [0.2, 0.25) is 0 Å². The van der Waals surface area contributed by atoms with Gasteiger partial charge in [0.2, 0.25) is 0 Å². The van der Waals surface area contributed by atoms with E-state index in [-0.39, 0.29) is 21.3 Å². The van der Waals surface area contributed by atoms with Crippen molar-refractivity contribution >= 4 is 39.9 Å². The fraction of sp³-hybridized carbons (Fsp3) is 0.161. The number of ether oxygens (including phenoxy) is 2. The number of carbonyl (C=O) groups excluding carboxylic acids is 3. The Labute approximate surface area is 235 Å². The van der Waals surface area contributed by atoms with E-state index in [0.717, 1.165) is 22.5 Å². The molecule has 0 aliphatic carbocycles. The number of rotatable bonds is 7. The number of anilines is 1. The van der Waals surface area contributed by atoms with E-state index in [0.29, 0.717) is 29.2 Å². The van der Waals surface area contributed by atoms with E-state index >= 15 is 0 Å². The fourth-order valence-electron chi connectivity index (χ4n) is 4.55. The SMILES string of the molecule is COC(=O)c1sc(N2C(=O)C(=O)/C(=C(/O)c3ccc(OCc4ccccc4C)cc3)C2c2ccccc2)nc1C. The first-order chi connectivity index (χ1) is 19.3. The Balaban J connectivity index is 1.52. The second kappa shape index (κ2) is 11.2. The number of Topliss-reactive ketones (excluding diaryl/α,β-unsaturated/α-hetero) is 1. The molecule has 1 amide bonds. The van der Waals surface area contributed by atoms with E-state index in [1.54, 1.807) is 55.5 Å². The van der Waals surface area contributed by atoms with Crippen molar-refractivity contribution < 1.29 is 29.0 Å². The van der Waals surface area contributed by atoms with Gasteiger partial charge in [-0.3, -0.25) is 14.5 Å². The number of esters is 1. The lowest BCUT2D eigenvalue weighted by Gasteiger charge is -2.23. The smallest absolute Gasteiger partial charge is 0.350 e. The molecule has 9 heteroatoms. The van der Waals surface area contributed by atoms with Crippen molar-refractivity contribution in [2.24, 2.45) is 0 Å². The number of nitrogens with zero attached hydrogens (tertiary/aromatic N) is 2. The first-order valence-electron chi connectivity index (χ1n) is 12.5. The van der Waals surface area contributed by atoms with Crippen LogP contribution in [0.25, 0.3) is 5.76 Å². The van der Waals surface area contributed by atoms with Crippen molar-refractivity contribution in [3.05, 3.63) is 117 Å². The number of methoxy groups -OCH3 is 1. The summed E-state index contributed by atoms with van der Waals surface area (Å²) in [6.45, 7) is 4.03. The predicted octanol–water partition coefficient (Wildman–Crippen LogP) is 5.75. The molecule has 1 unspecified atom stereocenters. The zero-order valence-corrected chi connectivity index (χ0v) is 22.9. The van der Waals surface area contributed by atoms with Gasteiger partial charge >= 0.3 is 11.9 Å². The molecular weight excluding hydrogens is 528 g/mol. The summed E-state index contributed by atoms with van der Waals surface area (Å²) < 4.78 is 10.7. The summed E-state index contributed by atoms with van der Waals surface area (Å²) in [7, 11) is 1.26. The lowest BCUT2D eigenvalue weighted by Crippen LogP contribution is -2.29. The standard InChI is InChI=1S/C31H26N2O6S/c1-18-9-7-8-12-22(18)17-39-23-15-13-21(14-16-23)26(34)24-25(20-10-5-4-6-11-20)33(29(36)27(24)35)31-32-19(2)28(40-31)30(37)38-3/h4-16,25,34H,17H2,1-3H3/b26-24+. The van der Waals surface area contributed by atoms with E-state index in [2.05, 4.69) is 4.98 Å². The van der Waals surface area contributed by atoms with Crippen molar-refractivity contribution in [3.8, 4) is 5.75 Å². The van der Waals surface area contributed by atoms with Crippen LogP contribution in [0.3, 0.4) is 0 Å². The minimum Gasteiger partial charge on any atom is -0.507 e. The summed E-state index contributed by atoms with van der Waals surface area (Å²) in [5.74, 6) is -2.01. The van der Waals surface area contributed by atoms with E-state index < -0.39 is 23.7 Å². The minimum atomic E-state index is -0.950. The summed E-state index contributed by atoms with van der Waals surface area (Å²) >= 11 is 0.956. The average Bonchev–Trinajstić information content (AvgIpc) is 3.48. The van der Waals surface area contributed by atoms with Gasteiger partial charge in [0.15, 0.2) is 5.13 Å². The molecule has 1 fully saturated rings. The zero-order valence-electron chi connectivity index (χ0n) is 22.1. The van der Waals surface area contributed by atoms with Gasteiger partial charge in [-0.15, -0.1) is 0 Å². The highest BCUT2D eigenvalue weighted by Crippen LogP contribution is 2.44. The Hall–Kier alpha value is -4.76. The normalized spacial score (nSPS) is 16.3. The molecule has 40 heavy (non-hydrogen) atoms. The molecule has 0 saturated carbocycles. The Bertz CT molecular complexity index is 1630. The molecule has 3 aromatic carbocycles. The number of amides is 1. The van der Waals surface area contributed by atoms with Gasteiger partial charge in [-0.2, -0.15) is 0 Å². The Kier molecular flexibility index (Phi) is 7.48. The average molecular weight is 555 g/mol. The summed E-state index contributed by atoms with van der Waals surface area (Å²) in [5.41, 5.74) is 3.45. The van der Waals surface area contributed by atoms with E-state index in [9.17, 15) is 19.5 Å².